The summed E-state index contributed by atoms with van der Waals surface area (Å²) in [5, 5.41) is 27.7. The van der Waals surface area contributed by atoms with Crippen LogP contribution in [-0.2, 0) is 20.8 Å². The summed E-state index contributed by atoms with van der Waals surface area (Å²) in [7, 11) is 5.65. The molecule has 4 N–H and O–H groups in total. The molecule has 0 bridgehead atoms. The molecule has 9 nitrogen and oxygen atoms in total. The summed E-state index contributed by atoms with van der Waals surface area (Å²) in [6, 6.07) is 8.22. The molecule has 2 fully saturated rings. The highest BCUT2D eigenvalue weighted by Gasteiger charge is 2.40. The van der Waals surface area contributed by atoms with Crippen LogP contribution in [0.15, 0.2) is 30.3 Å². The van der Waals surface area contributed by atoms with Crippen molar-refractivity contribution in [1.29, 1.82) is 0 Å². The van der Waals surface area contributed by atoms with Gasteiger partial charge in [-0.25, -0.2) is 0 Å². The van der Waals surface area contributed by atoms with Crippen molar-refractivity contribution in [1.82, 2.24) is 20.4 Å². The van der Waals surface area contributed by atoms with E-state index in [4.69, 9.17) is 0 Å². The zero-order valence-electron chi connectivity index (χ0n) is 26.1. The molecule has 0 spiro atoms. The first-order chi connectivity index (χ1) is 20.1. The van der Waals surface area contributed by atoms with Gasteiger partial charge in [-0.05, 0) is 63.6 Å². The minimum atomic E-state index is -1.04. The van der Waals surface area contributed by atoms with Crippen molar-refractivity contribution >= 4 is 17.7 Å². The van der Waals surface area contributed by atoms with Gasteiger partial charge in [0.2, 0.25) is 17.7 Å². The number of aliphatic hydroxyl groups excluding tert-OH is 2. The average Bonchev–Trinajstić information content (AvgIpc) is 3.83. The third kappa shape index (κ3) is 11.0. The summed E-state index contributed by atoms with van der Waals surface area (Å²) >= 11 is 0. The van der Waals surface area contributed by atoms with Crippen LogP contribution in [0.3, 0.4) is 0 Å². The van der Waals surface area contributed by atoms with E-state index in [9.17, 15) is 24.6 Å². The Labute approximate surface area is 252 Å². The molecule has 1 aromatic carbocycles. The zero-order chi connectivity index (χ0) is 30.6. The normalized spacial score (nSPS) is 19.4. The highest BCUT2D eigenvalue weighted by molar-refractivity contribution is 5.91. The van der Waals surface area contributed by atoms with Crippen molar-refractivity contribution in [3.63, 3.8) is 0 Å². The van der Waals surface area contributed by atoms with E-state index < -0.39 is 30.2 Å². The smallest absolute Gasteiger partial charge is 0.242 e. The average molecular weight is 587 g/mol. The Morgan fingerprint density at radius 3 is 2.17 bits per heavy atom. The number of hydrogen-bond donors (Lipinski definition) is 4. The van der Waals surface area contributed by atoms with Crippen LogP contribution in [0.4, 0.5) is 0 Å². The van der Waals surface area contributed by atoms with Gasteiger partial charge >= 0.3 is 0 Å². The molecule has 9 heteroatoms. The summed E-state index contributed by atoms with van der Waals surface area (Å²) < 4.78 is 0. The van der Waals surface area contributed by atoms with Gasteiger partial charge in [0.15, 0.2) is 0 Å². The molecule has 0 unspecified atom stereocenters. The largest absolute Gasteiger partial charge is 0.390 e. The first-order valence-electron chi connectivity index (χ1n) is 16.0. The van der Waals surface area contributed by atoms with E-state index in [-0.39, 0.29) is 30.1 Å². The monoisotopic (exact) mass is 586 g/mol. The second kappa shape index (κ2) is 17.0. The first kappa shape index (κ1) is 34.0. The van der Waals surface area contributed by atoms with Crippen LogP contribution >= 0.6 is 0 Å². The van der Waals surface area contributed by atoms with E-state index in [1.54, 1.807) is 11.9 Å². The van der Waals surface area contributed by atoms with Crippen molar-refractivity contribution in [3.8, 4) is 0 Å². The summed E-state index contributed by atoms with van der Waals surface area (Å²) in [6.07, 6.45) is 6.90. The van der Waals surface area contributed by atoms with Gasteiger partial charge in [0.1, 0.15) is 12.1 Å². The van der Waals surface area contributed by atoms with Gasteiger partial charge in [0, 0.05) is 26.6 Å². The first-order valence-corrected chi connectivity index (χ1v) is 16.0. The van der Waals surface area contributed by atoms with Crippen LogP contribution in [0.1, 0.15) is 76.7 Å². The number of nitrogens with zero attached hydrogens (tertiary/aromatic N) is 2. The van der Waals surface area contributed by atoms with Crippen molar-refractivity contribution in [3.05, 3.63) is 35.9 Å². The maximum absolute atomic E-state index is 13.6. The molecule has 2 saturated carbocycles. The fraction of sp³-hybridized carbons (Fsp3) is 0.727. The number of likely N-dealkylation sites (N-methyl/N-ethyl adjacent to an activating group) is 2. The van der Waals surface area contributed by atoms with Crippen LogP contribution in [0.2, 0.25) is 0 Å². The second-order valence-electron chi connectivity index (χ2n) is 12.9. The van der Waals surface area contributed by atoms with E-state index in [2.05, 4.69) is 10.6 Å². The molecule has 1 aromatic rings. The number of aliphatic hydroxyl groups is 2. The summed E-state index contributed by atoms with van der Waals surface area (Å²) in [4.78, 5) is 43.9. The Morgan fingerprint density at radius 2 is 1.57 bits per heavy atom. The Morgan fingerprint density at radius 1 is 0.905 bits per heavy atom. The number of rotatable bonds is 17. The Hall–Kier alpha value is -2.49. The fourth-order valence-corrected chi connectivity index (χ4v) is 5.94. The summed E-state index contributed by atoms with van der Waals surface area (Å²) in [6.45, 7) is 3.12. The third-order valence-corrected chi connectivity index (χ3v) is 8.97. The predicted molar refractivity (Wildman–Crippen MR) is 165 cm³/mol. The fourth-order valence-electron chi connectivity index (χ4n) is 5.94. The SMILES string of the molecule is CC[C@H](NC(=O)[C@@H](CC(=O)N(C)CCN(C)C)Cc1ccccc1)C(=O)N[C@@H](CC1CCCCC1)[C@@H](O)[C@@H](O)C1CC1. The van der Waals surface area contributed by atoms with Crippen molar-refractivity contribution < 1.29 is 24.6 Å². The highest BCUT2D eigenvalue weighted by Crippen LogP contribution is 2.36. The molecule has 236 valence electrons. The molecule has 5 atom stereocenters. The van der Waals surface area contributed by atoms with Gasteiger partial charge in [0.25, 0.3) is 0 Å². The van der Waals surface area contributed by atoms with Crippen LogP contribution in [-0.4, -0.2) is 96.3 Å². The van der Waals surface area contributed by atoms with Crippen molar-refractivity contribution in [2.75, 3.05) is 34.2 Å². The number of amides is 3. The van der Waals surface area contributed by atoms with Gasteiger partial charge < -0.3 is 30.6 Å². The summed E-state index contributed by atoms with van der Waals surface area (Å²) in [5.41, 5.74) is 0.948. The standard InChI is InChI=1S/C33H54N4O5/c1-5-27(33(42)35-28(21-24-14-10-7-11-15-24)31(40)30(39)25-16-17-25)34-32(41)26(20-23-12-8-6-9-13-23)22-29(38)37(4)19-18-36(2)3/h6,8-9,12-13,24-28,30-31,39-40H,5,7,10-11,14-22H2,1-4H3,(H,34,41)(H,35,42)/t26-,27+,28+,30+,31-/m1/s1. The number of nitrogens with one attached hydrogen (secondary N) is 2. The Balaban J connectivity index is 1.69. The quantitative estimate of drug-likeness (QED) is 0.223. The van der Waals surface area contributed by atoms with Crippen LogP contribution < -0.4 is 10.6 Å². The Bertz CT molecular complexity index is 980. The number of carbonyl (C=O) groups is 3. The van der Waals surface area contributed by atoms with E-state index in [0.717, 1.165) is 50.6 Å². The minimum Gasteiger partial charge on any atom is -0.390 e. The third-order valence-electron chi connectivity index (χ3n) is 8.97. The van der Waals surface area contributed by atoms with E-state index in [1.165, 1.54) is 6.42 Å². The Kier molecular flexibility index (Phi) is 13.7. The lowest BCUT2D eigenvalue weighted by Gasteiger charge is -2.33. The maximum atomic E-state index is 13.6. The van der Waals surface area contributed by atoms with E-state index in [0.29, 0.717) is 31.7 Å². The van der Waals surface area contributed by atoms with Crippen molar-refractivity contribution in [2.24, 2.45) is 17.8 Å². The van der Waals surface area contributed by atoms with E-state index in [1.807, 2.05) is 56.3 Å². The number of carbonyl (C=O) groups excluding carboxylic acids is 3. The highest BCUT2D eigenvalue weighted by atomic mass is 16.3. The topological polar surface area (TPSA) is 122 Å². The van der Waals surface area contributed by atoms with Crippen LogP contribution in [0.5, 0.6) is 0 Å². The minimum absolute atomic E-state index is 0.0410. The maximum Gasteiger partial charge on any atom is 0.242 e. The lowest BCUT2D eigenvalue weighted by Crippen LogP contribution is -2.56. The predicted octanol–water partition coefficient (Wildman–Crippen LogP) is 2.74. The van der Waals surface area contributed by atoms with Crippen LogP contribution in [0, 0.1) is 17.8 Å². The molecular formula is C33H54N4O5. The molecule has 42 heavy (non-hydrogen) atoms. The van der Waals surface area contributed by atoms with Crippen molar-refractivity contribution in [2.45, 2.75) is 102 Å². The number of benzene rings is 1. The second-order valence-corrected chi connectivity index (χ2v) is 12.9. The van der Waals surface area contributed by atoms with Crippen LogP contribution in [0.25, 0.3) is 0 Å². The van der Waals surface area contributed by atoms with Gasteiger partial charge in [-0.15, -0.1) is 0 Å². The zero-order valence-corrected chi connectivity index (χ0v) is 26.1. The van der Waals surface area contributed by atoms with Gasteiger partial charge in [-0.3, -0.25) is 14.4 Å². The molecule has 2 aliphatic rings. The molecule has 0 radical (unpaired) electrons. The lowest BCUT2D eigenvalue weighted by atomic mass is 9.82. The van der Waals surface area contributed by atoms with Gasteiger partial charge in [-0.2, -0.15) is 0 Å². The molecule has 3 rings (SSSR count). The molecule has 0 heterocycles. The molecular weight excluding hydrogens is 532 g/mol. The molecule has 0 saturated heterocycles. The number of hydrogen-bond acceptors (Lipinski definition) is 6. The molecule has 3 amide bonds. The lowest BCUT2D eigenvalue weighted by molar-refractivity contribution is -0.137. The molecule has 0 aliphatic heterocycles. The molecule has 0 aromatic heterocycles. The molecule has 2 aliphatic carbocycles. The van der Waals surface area contributed by atoms with E-state index >= 15 is 0 Å². The summed E-state index contributed by atoms with van der Waals surface area (Å²) in [5.74, 6) is -0.969. The van der Waals surface area contributed by atoms with Gasteiger partial charge in [0.05, 0.1) is 18.1 Å². The van der Waals surface area contributed by atoms with Gasteiger partial charge in [-0.1, -0.05) is 69.4 Å².